The largest absolute Gasteiger partial charge is 0.371 e. The zero-order chi connectivity index (χ0) is 14.3. The van der Waals surface area contributed by atoms with Crippen molar-refractivity contribution in [3.05, 3.63) is 39.8 Å². The van der Waals surface area contributed by atoms with E-state index in [1.165, 1.54) is 28.0 Å². The molecule has 2 heterocycles. The lowest BCUT2D eigenvalue weighted by Crippen LogP contribution is -2.12. The van der Waals surface area contributed by atoms with E-state index in [-0.39, 0.29) is 0 Å². The van der Waals surface area contributed by atoms with Gasteiger partial charge in [-0.25, -0.2) is 0 Å². The Morgan fingerprint density at radius 1 is 1.30 bits per heavy atom. The van der Waals surface area contributed by atoms with E-state index in [1.54, 1.807) is 0 Å². The summed E-state index contributed by atoms with van der Waals surface area (Å²) >= 11 is 1.45. The second kappa shape index (κ2) is 4.90. The summed E-state index contributed by atoms with van der Waals surface area (Å²) in [6.45, 7) is 5.13. The molecule has 0 spiro atoms. The molecule has 3 rings (SSSR count). The summed E-state index contributed by atoms with van der Waals surface area (Å²) in [5.74, 6) is 0. The SMILES string of the molecule is Cc1cccc(C)c1Nc1sc(N=O)c2c1CCN2C. The number of thiophene rings is 1. The van der Waals surface area contributed by atoms with Gasteiger partial charge in [0.05, 0.1) is 5.69 Å². The maximum absolute atomic E-state index is 11.0. The van der Waals surface area contributed by atoms with Gasteiger partial charge in [0, 0.05) is 24.8 Å². The molecule has 0 fully saturated rings. The summed E-state index contributed by atoms with van der Waals surface area (Å²) in [6.07, 6.45) is 0.963. The van der Waals surface area contributed by atoms with Crippen LogP contribution in [0.5, 0.6) is 0 Å². The number of hydrogen-bond acceptors (Lipinski definition) is 5. The highest BCUT2D eigenvalue weighted by molar-refractivity contribution is 7.20. The molecular formula is C15H17N3OS. The molecule has 4 nitrogen and oxygen atoms in total. The molecule has 0 aliphatic carbocycles. The lowest BCUT2D eigenvalue weighted by atomic mass is 10.1. The van der Waals surface area contributed by atoms with Gasteiger partial charge >= 0.3 is 0 Å². The smallest absolute Gasteiger partial charge is 0.186 e. The van der Waals surface area contributed by atoms with E-state index in [9.17, 15) is 4.91 Å². The number of rotatable bonds is 3. The molecule has 0 unspecified atom stereocenters. The summed E-state index contributed by atoms with van der Waals surface area (Å²) in [4.78, 5) is 13.1. The Bertz CT molecular complexity index is 658. The number of fused-ring (bicyclic) bond motifs is 1. The fourth-order valence-electron chi connectivity index (χ4n) is 2.75. The van der Waals surface area contributed by atoms with Gasteiger partial charge in [-0.2, -0.15) is 0 Å². The Kier molecular flexibility index (Phi) is 3.22. The van der Waals surface area contributed by atoms with Crippen LogP contribution in [0.1, 0.15) is 16.7 Å². The van der Waals surface area contributed by atoms with Gasteiger partial charge in [-0.15, -0.1) is 4.91 Å². The molecular weight excluding hydrogens is 270 g/mol. The van der Waals surface area contributed by atoms with Gasteiger partial charge in [-0.3, -0.25) is 0 Å². The molecule has 0 atom stereocenters. The average molecular weight is 287 g/mol. The number of para-hydroxylation sites is 1. The van der Waals surface area contributed by atoms with Gasteiger partial charge in [0.2, 0.25) is 0 Å². The summed E-state index contributed by atoms with van der Waals surface area (Å²) in [7, 11) is 2.01. The van der Waals surface area contributed by atoms with E-state index in [0.717, 1.165) is 29.3 Å². The Labute approximate surface area is 122 Å². The van der Waals surface area contributed by atoms with Crippen molar-refractivity contribution in [2.45, 2.75) is 20.3 Å². The van der Waals surface area contributed by atoms with Crippen LogP contribution in [-0.4, -0.2) is 13.6 Å². The minimum Gasteiger partial charge on any atom is -0.371 e. The molecule has 0 saturated carbocycles. The Morgan fingerprint density at radius 3 is 2.65 bits per heavy atom. The van der Waals surface area contributed by atoms with Crippen molar-refractivity contribution in [2.24, 2.45) is 5.18 Å². The molecule has 104 valence electrons. The topological polar surface area (TPSA) is 44.7 Å². The zero-order valence-corrected chi connectivity index (χ0v) is 12.7. The van der Waals surface area contributed by atoms with Crippen molar-refractivity contribution in [1.29, 1.82) is 0 Å². The van der Waals surface area contributed by atoms with Crippen molar-refractivity contribution in [3.8, 4) is 0 Å². The number of likely N-dealkylation sites (N-methyl/N-ethyl adjacent to an activating group) is 1. The van der Waals surface area contributed by atoms with Crippen molar-refractivity contribution >= 4 is 32.7 Å². The molecule has 1 aliphatic heterocycles. The molecule has 2 aromatic rings. The van der Waals surface area contributed by atoms with Crippen LogP contribution in [0.25, 0.3) is 0 Å². The van der Waals surface area contributed by atoms with Gasteiger partial charge in [-0.1, -0.05) is 29.5 Å². The third-order valence-corrected chi connectivity index (χ3v) is 4.86. The lowest BCUT2D eigenvalue weighted by Gasteiger charge is -2.11. The maximum atomic E-state index is 11.0. The van der Waals surface area contributed by atoms with Gasteiger partial charge in [0.25, 0.3) is 0 Å². The number of nitroso groups, excluding NO2 is 1. The highest BCUT2D eigenvalue weighted by Gasteiger charge is 2.27. The van der Waals surface area contributed by atoms with Crippen molar-refractivity contribution in [2.75, 3.05) is 23.8 Å². The number of hydrogen-bond donors (Lipinski definition) is 1. The summed E-state index contributed by atoms with van der Waals surface area (Å²) in [5.41, 5.74) is 5.76. The standard InChI is InChI=1S/C15H17N3OS/c1-9-5-4-6-10(2)12(9)16-14-11-7-8-18(3)13(11)15(17-19)20-14/h4-6,16H,7-8H2,1-3H3. The molecule has 0 bridgehead atoms. The van der Waals surface area contributed by atoms with Gasteiger partial charge in [0.15, 0.2) is 5.00 Å². The Hall–Kier alpha value is -1.88. The minimum absolute atomic E-state index is 0.578. The van der Waals surface area contributed by atoms with Gasteiger partial charge in [0.1, 0.15) is 5.00 Å². The van der Waals surface area contributed by atoms with Crippen LogP contribution in [0.3, 0.4) is 0 Å². The number of aryl methyl sites for hydroxylation is 2. The van der Waals surface area contributed by atoms with E-state index >= 15 is 0 Å². The summed E-state index contributed by atoms with van der Waals surface area (Å²) < 4.78 is 0. The molecule has 0 radical (unpaired) electrons. The van der Waals surface area contributed by atoms with E-state index in [1.807, 2.05) is 7.05 Å². The first-order chi connectivity index (χ1) is 9.61. The fraction of sp³-hybridized carbons (Fsp3) is 0.333. The third-order valence-electron chi connectivity index (χ3n) is 3.84. The van der Waals surface area contributed by atoms with Crippen LogP contribution in [0.4, 0.5) is 21.4 Å². The van der Waals surface area contributed by atoms with Crippen LogP contribution in [0, 0.1) is 18.8 Å². The maximum Gasteiger partial charge on any atom is 0.186 e. The molecule has 0 amide bonds. The third kappa shape index (κ3) is 1.98. The predicted molar refractivity (Wildman–Crippen MR) is 85.9 cm³/mol. The van der Waals surface area contributed by atoms with E-state index in [2.05, 4.69) is 47.4 Å². The molecule has 20 heavy (non-hydrogen) atoms. The summed E-state index contributed by atoms with van der Waals surface area (Å²) in [5, 5.41) is 8.33. The molecule has 1 aromatic heterocycles. The first-order valence-electron chi connectivity index (χ1n) is 6.65. The molecule has 1 aromatic carbocycles. The van der Waals surface area contributed by atoms with Crippen LogP contribution >= 0.6 is 11.3 Å². The van der Waals surface area contributed by atoms with Gasteiger partial charge in [-0.05, 0) is 36.6 Å². The van der Waals surface area contributed by atoms with E-state index in [4.69, 9.17) is 0 Å². The van der Waals surface area contributed by atoms with E-state index in [0.29, 0.717) is 5.00 Å². The van der Waals surface area contributed by atoms with Crippen LogP contribution < -0.4 is 10.2 Å². The average Bonchev–Trinajstić information content (AvgIpc) is 2.96. The highest BCUT2D eigenvalue weighted by Crippen LogP contribution is 2.49. The van der Waals surface area contributed by atoms with Crippen LogP contribution in [0.2, 0.25) is 0 Å². The highest BCUT2D eigenvalue weighted by atomic mass is 32.1. The van der Waals surface area contributed by atoms with Crippen LogP contribution in [-0.2, 0) is 6.42 Å². The van der Waals surface area contributed by atoms with Crippen molar-refractivity contribution < 1.29 is 0 Å². The molecule has 1 N–H and O–H groups in total. The van der Waals surface area contributed by atoms with Crippen LogP contribution in [0.15, 0.2) is 23.4 Å². The van der Waals surface area contributed by atoms with Gasteiger partial charge < -0.3 is 10.2 Å². The van der Waals surface area contributed by atoms with E-state index < -0.39 is 0 Å². The predicted octanol–water partition coefficient (Wildman–Crippen LogP) is 4.50. The number of nitrogens with one attached hydrogen (secondary N) is 1. The number of nitrogens with zero attached hydrogens (tertiary/aromatic N) is 2. The Balaban J connectivity index is 2.05. The van der Waals surface area contributed by atoms with Crippen molar-refractivity contribution in [1.82, 2.24) is 0 Å². The molecule has 0 saturated heterocycles. The molecule has 1 aliphatic rings. The number of anilines is 3. The second-order valence-corrected chi connectivity index (χ2v) is 6.22. The second-order valence-electron chi connectivity index (χ2n) is 5.22. The molecule has 5 heteroatoms. The monoisotopic (exact) mass is 287 g/mol. The zero-order valence-electron chi connectivity index (χ0n) is 11.9. The quantitative estimate of drug-likeness (QED) is 0.845. The normalized spacial score (nSPS) is 13.4. The summed E-state index contributed by atoms with van der Waals surface area (Å²) in [6, 6.07) is 6.24. The van der Waals surface area contributed by atoms with Crippen molar-refractivity contribution in [3.63, 3.8) is 0 Å². The number of benzene rings is 1. The fourth-order valence-corrected chi connectivity index (χ4v) is 3.83. The lowest BCUT2D eigenvalue weighted by molar-refractivity contribution is 0.956. The first-order valence-corrected chi connectivity index (χ1v) is 7.47. The first kappa shape index (κ1) is 13.1. The minimum atomic E-state index is 0.578. The Morgan fingerprint density at radius 2 is 2.00 bits per heavy atom.